The highest BCUT2D eigenvalue weighted by atomic mass is 19.1. The molecule has 0 radical (unpaired) electrons. The highest BCUT2D eigenvalue weighted by Gasteiger charge is 2.46. The van der Waals surface area contributed by atoms with E-state index in [0.29, 0.717) is 13.0 Å². The standard InChI is InChI=1S/C25H28FNO4/c1-25(2,3)31-24(30)27(22-15-21(22)19-11-13-20(26)14-12-19)16-18-9-7-17(8-10-18)5-4-6-23(28)29/h4,6-14,21-22H,5,15-16H2,1-3H3,(H,28,29)/b6-4+. The van der Waals surface area contributed by atoms with Gasteiger partial charge in [-0.25, -0.2) is 14.0 Å². The second-order valence-corrected chi connectivity index (χ2v) is 8.83. The lowest BCUT2D eigenvalue weighted by Gasteiger charge is -2.28. The topological polar surface area (TPSA) is 66.8 Å². The number of carbonyl (C=O) groups is 2. The van der Waals surface area contributed by atoms with Crippen LogP contribution in [0.4, 0.5) is 9.18 Å². The van der Waals surface area contributed by atoms with Crippen molar-refractivity contribution in [2.45, 2.75) is 57.7 Å². The molecule has 164 valence electrons. The maximum Gasteiger partial charge on any atom is 0.410 e. The first kappa shape index (κ1) is 22.5. The highest BCUT2D eigenvalue weighted by molar-refractivity contribution is 5.79. The van der Waals surface area contributed by atoms with Gasteiger partial charge in [0.15, 0.2) is 0 Å². The van der Waals surface area contributed by atoms with Crippen molar-refractivity contribution < 1.29 is 23.8 Å². The third-order valence-electron chi connectivity index (χ3n) is 5.07. The van der Waals surface area contributed by atoms with E-state index in [4.69, 9.17) is 9.84 Å². The Morgan fingerprint density at radius 2 is 1.71 bits per heavy atom. The fourth-order valence-corrected chi connectivity index (χ4v) is 3.51. The Balaban J connectivity index is 1.72. The molecular weight excluding hydrogens is 397 g/mol. The Morgan fingerprint density at radius 1 is 1.10 bits per heavy atom. The summed E-state index contributed by atoms with van der Waals surface area (Å²) in [5, 5.41) is 8.69. The predicted molar refractivity (Wildman–Crippen MR) is 116 cm³/mol. The SMILES string of the molecule is CC(C)(C)OC(=O)N(Cc1ccc(C/C=C/C(=O)O)cc1)C1CC1c1ccc(F)cc1. The van der Waals surface area contributed by atoms with Crippen LogP contribution in [-0.2, 0) is 22.5 Å². The average molecular weight is 426 g/mol. The van der Waals surface area contributed by atoms with Gasteiger partial charge in [0, 0.05) is 24.6 Å². The zero-order chi connectivity index (χ0) is 22.6. The summed E-state index contributed by atoms with van der Waals surface area (Å²) in [6.07, 6.45) is 3.69. The van der Waals surface area contributed by atoms with Crippen molar-refractivity contribution in [3.63, 3.8) is 0 Å². The fraction of sp³-hybridized carbons (Fsp3) is 0.360. The molecule has 2 aromatic rings. The molecule has 2 aromatic carbocycles. The van der Waals surface area contributed by atoms with Crippen LogP contribution in [0.3, 0.4) is 0 Å². The Hall–Kier alpha value is -3.15. The molecule has 0 aromatic heterocycles. The van der Waals surface area contributed by atoms with Crippen molar-refractivity contribution in [1.82, 2.24) is 4.90 Å². The number of benzene rings is 2. The van der Waals surface area contributed by atoms with Gasteiger partial charge in [-0.15, -0.1) is 0 Å². The second-order valence-electron chi connectivity index (χ2n) is 8.83. The van der Waals surface area contributed by atoms with E-state index in [1.165, 1.54) is 12.1 Å². The maximum absolute atomic E-state index is 13.3. The number of hydrogen-bond acceptors (Lipinski definition) is 3. The molecule has 0 spiro atoms. The number of aliphatic carboxylic acids is 1. The molecule has 6 heteroatoms. The van der Waals surface area contributed by atoms with E-state index in [9.17, 15) is 14.0 Å². The Bertz CT molecular complexity index is 945. The molecule has 0 heterocycles. The van der Waals surface area contributed by atoms with Crippen molar-refractivity contribution >= 4 is 12.1 Å². The smallest absolute Gasteiger partial charge is 0.410 e. The van der Waals surface area contributed by atoms with Gasteiger partial charge in [0.05, 0.1) is 0 Å². The zero-order valence-electron chi connectivity index (χ0n) is 18.0. The molecule has 2 unspecified atom stereocenters. The number of hydrogen-bond donors (Lipinski definition) is 1. The fourth-order valence-electron chi connectivity index (χ4n) is 3.51. The van der Waals surface area contributed by atoms with E-state index < -0.39 is 11.6 Å². The van der Waals surface area contributed by atoms with E-state index in [0.717, 1.165) is 29.2 Å². The van der Waals surface area contributed by atoms with Gasteiger partial charge in [0.2, 0.25) is 0 Å². The summed E-state index contributed by atoms with van der Waals surface area (Å²) in [6.45, 7) is 5.93. The van der Waals surface area contributed by atoms with Gasteiger partial charge >= 0.3 is 12.1 Å². The second kappa shape index (κ2) is 9.33. The van der Waals surface area contributed by atoms with Gasteiger partial charge in [-0.2, -0.15) is 0 Å². The van der Waals surface area contributed by atoms with Crippen LogP contribution in [0.1, 0.15) is 49.8 Å². The molecule has 5 nitrogen and oxygen atoms in total. The Labute approximate surface area is 182 Å². The summed E-state index contributed by atoms with van der Waals surface area (Å²) in [4.78, 5) is 25.3. The lowest BCUT2D eigenvalue weighted by atomic mass is 10.1. The van der Waals surface area contributed by atoms with Gasteiger partial charge in [-0.1, -0.05) is 42.5 Å². The first-order valence-corrected chi connectivity index (χ1v) is 10.3. The lowest BCUT2D eigenvalue weighted by Crippen LogP contribution is -2.38. The van der Waals surface area contributed by atoms with Crippen LogP contribution in [-0.4, -0.2) is 33.7 Å². The van der Waals surface area contributed by atoms with Crippen molar-refractivity contribution in [1.29, 1.82) is 0 Å². The van der Waals surface area contributed by atoms with Crippen LogP contribution in [0.15, 0.2) is 60.7 Å². The molecule has 1 aliphatic rings. The number of amides is 1. The number of carboxylic acid groups (broad SMARTS) is 1. The normalized spacial score (nSPS) is 18.1. The van der Waals surface area contributed by atoms with Crippen LogP contribution in [0.5, 0.6) is 0 Å². The number of carboxylic acids is 1. The van der Waals surface area contributed by atoms with Gasteiger partial charge in [0.1, 0.15) is 11.4 Å². The quantitative estimate of drug-likeness (QED) is 0.611. The van der Waals surface area contributed by atoms with Gasteiger partial charge in [-0.05, 0) is 62.4 Å². The first-order valence-electron chi connectivity index (χ1n) is 10.3. The molecule has 31 heavy (non-hydrogen) atoms. The molecule has 2 atom stereocenters. The minimum Gasteiger partial charge on any atom is -0.478 e. The van der Waals surface area contributed by atoms with E-state index in [1.807, 2.05) is 45.0 Å². The summed E-state index contributed by atoms with van der Waals surface area (Å²) in [6, 6.07) is 14.2. The third-order valence-corrected chi connectivity index (χ3v) is 5.07. The third kappa shape index (κ3) is 6.67. The van der Waals surface area contributed by atoms with Gasteiger partial charge in [0.25, 0.3) is 0 Å². The Morgan fingerprint density at radius 3 is 2.29 bits per heavy atom. The minimum absolute atomic E-state index is 0.00140. The molecule has 3 rings (SSSR count). The minimum atomic E-state index is -0.968. The molecule has 0 aliphatic heterocycles. The molecule has 0 saturated heterocycles. The van der Waals surface area contributed by atoms with Gasteiger partial charge < -0.3 is 14.7 Å². The lowest BCUT2D eigenvalue weighted by molar-refractivity contribution is -0.131. The summed E-state index contributed by atoms with van der Waals surface area (Å²) < 4.78 is 18.9. The highest BCUT2D eigenvalue weighted by Crippen LogP contribution is 2.45. The number of ether oxygens (including phenoxy) is 1. The summed E-state index contributed by atoms with van der Waals surface area (Å²) in [7, 11) is 0. The molecule has 1 saturated carbocycles. The first-order chi connectivity index (χ1) is 14.6. The van der Waals surface area contributed by atoms with Crippen LogP contribution >= 0.6 is 0 Å². The van der Waals surface area contributed by atoms with Gasteiger partial charge in [-0.3, -0.25) is 0 Å². The number of nitrogens with zero attached hydrogens (tertiary/aromatic N) is 1. The van der Waals surface area contributed by atoms with E-state index in [1.54, 1.807) is 23.1 Å². The molecule has 1 N–H and O–H groups in total. The van der Waals surface area contributed by atoms with Crippen LogP contribution in [0.2, 0.25) is 0 Å². The van der Waals surface area contributed by atoms with Crippen molar-refractivity contribution in [3.8, 4) is 0 Å². The van der Waals surface area contributed by atoms with Crippen molar-refractivity contribution in [3.05, 3.63) is 83.2 Å². The monoisotopic (exact) mass is 425 g/mol. The number of carbonyl (C=O) groups excluding carboxylic acids is 1. The van der Waals surface area contributed by atoms with Crippen LogP contribution in [0.25, 0.3) is 0 Å². The maximum atomic E-state index is 13.3. The molecular formula is C25H28FNO4. The Kier molecular flexibility index (Phi) is 6.78. The van der Waals surface area contributed by atoms with E-state index >= 15 is 0 Å². The van der Waals surface area contributed by atoms with Crippen LogP contribution in [0, 0.1) is 5.82 Å². The molecule has 1 fully saturated rings. The summed E-state index contributed by atoms with van der Waals surface area (Å²) in [5.41, 5.74) is 2.36. The van der Waals surface area contributed by atoms with Crippen LogP contribution < -0.4 is 0 Å². The van der Waals surface area contributed by atoms with E-state index in [-0.39, 0.29) is 23.9 Å². The van der Waals surface area contributed by atoms with Crippen molar-refractivity contribution in [2.75, 3.05) is 0 Å². The number of allylic oxidation sites excluding steroid dienone is 1. The molecule has 1 amide bonds. The predicted octanol–water partition coefficient (Wildman–Crippen LogP) is 5.30. The summed E-state index contributed by atoms with van der Waals surface area (Å²) in [5.74, 6) is -1.08. The average Bonchev–Trinajstić information content (AvgIpc) is 3.46. The van der Waals surface area contributed by atoms with E-state index in [2.05, 4.69) is 0 Å². The van der Waals surface area contributed by atoms with Crippen molar-refractivity contribution in [2.24, 2.45) is 0 Å². The zero-order valence-corrected chi connectivity index (χ0v) is 18.0. The molecule has 1 aliphatic carbocycles. The number of halogens is 1. The number of rotatable bonds is 7. The molecule has 0 bridgehead atoms. The largest absolute Gasteiger partial charge is 0.478 e. The summed E-state index contributed by atoms with van der Waals surface area (Å²) >= 11 is 0.